The number of hydrogen-bond donors (Lipinski definition) is 1. The molecule has 7 heteroatoms. The third-order valence-electron chi connectivity index (χ3n) is 1.14. The average molecular weight is 200 g/mol. The van der Waals surface area contributed by atoms with Crippen molar-refractivity contribution >= 4 is 23.4 Å². The van der Waals surface area contributed by atoms with E-state index in [1.807, 2.05) is 0 Å². The molecule has 0 aliphatic rings. The molecule has 0 aromatic carbocycles. The van der Waals surface area contributed by atoms with Crippen molar-refractivity contribution in [2.45, 2.75) is 13.3 Å². The van der Waals surface area contributed by atoms with Gasteiger partial charge in [-0.05, 0) is 6.92 Å². The van der Waals surface area contributed by atoms with Crippen molar-refractivity contribution in [3.8, 4) is 0 Å². The minimum atomic E-state index is -1.42. The second-order valence-electron chi connectivity index (χ2n) is 2.16. The minimum Gasteiger partial charge on any atom is -0.481 e. The quantitative estimate of drug-likeness (QED) is 0.206. The molecule has 0 bridgehead atoms. The number of aliphatic carboxylic acids is 1. The third kappa shape index (κ3) is 3.59. The number of ketones is 1. The zero-order valence-corrected chi connectivity index (χ0v) is 7.39. The van der Waals surface area contributed by atoms with Gasteiger partial charge in [0.05, 0.1) is 6.61 Å². The number of carbonyl (C=O) groups excluding carboxylic acids is 2. The predicted molar refractivity (Wildman–Crippen MR) is 42.5 cm³/mol. The molecule has 1 N–H and O–H groups in total. The molecular weight excluding hydrogens is 192 g/mol. The summed E-state index contributed by atoms with van der Waals surface area (Å²) in [7, 11) is 0. The largest absolute Gasteiger partial charge is 0.481 e. The molecule has 0 heterocycles. The van der Waals surface area contributed by atoms with E-state index in [-0.39, 0.29) is 6.61 Å². The molecule has 76 valence electrons. The van der Waals surface area contributed by atoms with Crippen LogP contribution in [0.2, 0.25) is 0 Å². The molecule has 0 aliphatic carbocycles. The highest BCUT2D eigenvalue weighted by molar-refractivity contribution is 6.63. The number of carbonyl (C=O) groups is 3. The maximum Gasteiger partial charge on any atom is 0.442 e. The van der Waals surface area contributed by atoms with E-state index in [1.54, 1.807) is 0 Å². The van der Waals surface area contributed by atoms with Crippen LogP contribution in [0.25, 0.3) is 5.53 Å². The topological polar surface area (TPSA) is 117 Å². The van der Waals surface area contributed by atoms with Gasteiger partial charge in [0, 0.05) is 0 Å². The molecular formula is C7H8N2O5. The lowest BCUT2D eigenvalue weighted by Crippen LogP contribution is -2.29. The fourth-order valence-electron chi connectivity index (χ4n) is 0.631. The Morgan fingerprint density at radius 2 is 2.00 bits per heavy atom. The first-order valence-electron chi connectivity index (χ1n) is 3.67. The number of carboxylic acids is 1. The standard InChI is InChI=1S/C7H8N2O5/c1-2-14-7(13)6(9-8)4(10)3-5(11)12/h2-3H2,1H3,(H,11,12). The van der Waals surface area contributed by atoms with E-state index in [2.05, 4.69) is 9.53 Å². The van der Waals surface area contributed by atoms with Gasteiger partial charge in [-0.2, -0.15) is 4.79 Å². The molecule has 0 aromatic heterocycles. The predicted octanol–water partition coefficient (Wildman–Crippen LogP) is -0.736. The Morgan fingerprint density at radius 3 is 2.36 bits per heavy atom. The number of carboxylic acid groups (broad SMARTS) is 1. The molecule has 0 amide bonds. The van der Waals surface area contributed by atoms with Gasteiger partial charge in [0.15, 0.2) is 0 Å². The third-order valence-corrected chi connectivity index (χ3v) is 1.14. The first kappa shape index (κ1) is 12.0. The second-order valence-corrected chi connectivity index (χ2v) is 2.16. The van der Waals surface area contributed by atoms with Gasteiger partial charge in [0.2, 0.25) is 0 Å². The summed E-state index contributed by atoms with van der Waals surface area (Å²) in [5.41, 5.74) is 7.37. The summed E-state index contributed by atoms with van der Waals surface area (Å²) >= 11 is 0. The number of Topliss-reactive ketones (excluding diaryl/α,β-unsaturated/α-hetero) is 1. The molecule has 0 spiro atoms. The maximum atomic E-state index is 10.9. The van der Waals surface area contributed by atoms with E-state index in [0.717, 1.165) is 0 Å². The fourth-order valence-corrected chi connectivity index (χ4v) is 0.631. The number of nitrogens with zero attached hydrogens (tertiary/aromatic N) is 2. The molecule has 0 aromatic rings. The summed E-state index contributed by atoms with van der Waals surface area (Å²) in [4.78, 5) is 34.3. The van der Waals surface area contributed by atoms with E-state index < -0.39 is 29.9 Å². The zero-order valence-electron chi connectivity index (χ0n) is 7.39. The first-order valence-corrected chi connectivity index (χ1v) is 3.67. The van der Waals surface area contributed by atoms with Gasteiger partial charge in [0.1, 0.15) is 6.42 Å². The van der Waals surface area contributed by atoms with Crippen LogP contribution in [-0.4, -0.2) is 39.9 Å². The molecule has 14 heavy (non-hydrogen) atoms. The minimum absolute atomic E-state index is 0.00178. The highest BCUT2D eigenvalue weighted by Crippen LogP contribution is 1.89. The van der Waals surface area contributed by atoms with E-state index in [1.165, 1.54) is 6.92 Å². The highest BCUT2D eigenvalue weighted by Gasteiger charge is 2.32. The van der Waals surface area contributed by atoms with Crippen molar-refractivity contribution in [1.82, 2.24) is 0 Å². The molecule has 0 saturated carbocycles. The Morgan fingerprint density at radius 1 is 1.43 bits per heavy atom. The number of rotatable bonds is 5. The smallest absolute Gasteiger partial charge is 0.442 e. The van der Waals surface area contributed by atoms with Gasteiger partial charge in [-0.15, -0.1) is 0 Å². The van der Waals surface area contributed by atoms with E-state index in [0.29, 0.717) is 0 Å². The van der Waals surface area contributed by atoms with Crippen LogP contribution in [0.3, 0.4) is 0 Å². The van der Waals surface area contributed by atoms with Crippen molar-refractivity contribution in [2.75, 3.05) is 6.61 Å². The van der Waals surface area contributed by atoms with Gasteiger partial charge in [-0.25, -0.2) is 4.79 Å². The summed E-state index contributed by atoms with van der Waals surface area (Å²) < 4.78 is 4.35. The van der Waals surface area contributed by atoms with Crippen molar-refractivity contribution < 1.29 is 29.0 Å². The average Bonchev–Trinajstić information content (AvgIpc) is 2.04. The van der Waals surface area contributed by atoms with Gasteiger partial charge < -0.3 is 15.4 Å². The van der Waals surface area contributed by atoms with E-state index in [4.69, 9.17) is 10.6 Å². The van der Waals surface area contributed by atoms with Crippen LogP contribution in [0, 0.1) is 0 Å². The van der Waals surface area contributed by atoms with Crippen molar-refractivity contribution in [3.63, 3.8) is 0 Å². The van der Waals surface area contributed by atoms with Crippen LogP contribution in [0.15, 0.2) is 0 Å². The van der Waals surface area contributed by atoms with Crippen molar-refractivity contribution in [3.05, 3.63) is 5.53 Å². The first-order chi connectivity index (χ1) is 6.52. The SMILES string of the molecule is CCOC(=O)C(=[N+]=[N-])C(=O)CC(=O)O. The monoisotopic (exact) mass is 200 g/mol. The fraction of sp³-hybridized carbons (Fsp3) is 0.429. The summed E-state index contributed by atoms with van der Waals surface area (Å²) in [6.07, 6.45) is -0.918. The summed E-state index contributed by atoms with van der Waals surface area (Å²) in [6, 6.07) is 0. The normalized spacial score (nSPS) is 8.64. The van der Waals surface area contributed by atoms with Crippen LogP contribution in [-0.2, 0) is 19.1 Å². The van der Waals surface area contributed by atoms with Crippen LogP contribution in [0.4, 0.5) is 0 Å². The Labute approximate surface area is 78.9 Å². The Hall–Kier alpha value is -2.01. The lowest BCUT2D eigenvalue weighted by molar-refractivity contribution is -0.143. The van der Waals surface area contributed by atoms with Gasteiger partial charge >= 0.3 is 17.7 Å². The van der Waals surface area contributed by atoms with E-state index >= 15 is 0 Å². The highest BCUT2D eigenvalue weighted by atomic mass is 16.5. The number of hydrogen-bond acceptors (Lipinski definition) is 4. The molecule has 0 rings (SSSR count). The molecule has 0 atom stereocenters. The summed E-state index contributed by atoms with van der Waals surface area (Å²) in [5, 5.41) is 8.23. The van der Waals surface area contributed by atoms with E-state index in [9.17, 15) is 14.4 Å². The number of esters is 1. The molecule has 0 saturated heterocycles. The van der Waals surface area contributed by atoms with Gasteiger partial charge in [-0.3, -0.25) is 9.59 Å². The Balaban J connectivity index is 4.59. The van der Waals surface area contributed by atoms with Gasteiger partial charge in [-0.1, -0.05) is 0 Å². The second kappa shape index (κ2) is 5.60. The van der Waals surface area contributed by atoms with Crippen LogP contribution >= 0.6 is 0 Å². The molecule has 0 aliphatic heterocycles. The van der Waals surface area contributed by atoms with Crippen molar-refractivity contribution in [1.29, 1.82) is 0 Å². The summed E-state index contributed by atoms with van der Waals surface area (Å²) in [6.45, 7) is 1.49. The van der Waals surface area contributed by atoms with Gasteiger partial charge in [0.25, 0.3) is 5.78 Å². The zero-order chi connectivity index (χ0) is 11.1. The Bertz CT molecular complexity index is 316. The maximum absolute atomic E-state index is 10.9. The van der Waals surface area contributed by atoms with Crippen molar-refractivity contribution in [2.24, 2.45) is 0 Å². The van der Waals surface area contributed by atoms with Crippen LogP contribution < -0.4 is 0 Å². The summed E-state index contributed by atoms with van der Waals surface area (Å²) in [5.74, 6) is -3.65. The molecule has 0 fully saturated rings. The Kier molecular flexibility index (Phi) is 4.80. The number of ether oxygens (including phenoxy) is 1. The molecule has 0 unspecified atom stereocenters. The lowest BCUT2D eigenvalue weighted by Gasteiger charge is -1.94. The lowest BCUT2D eigenvalue weighted by atomic mass is 10.2. The van der Waals surface area contributed by atoms with Crippen LogP contribution in [0.5, 0.6) is 0 Å². The van der Waals surface area contributed by atoms with Crippen LogP contribution in [0.1, 0.15) is 13.3 Å². The molecule has 0 radical (unpaired) electrons. The molecule has 7 nitrogen and oxygen atoms in total.